The van der Waals surface area contributed by atoms with Gasteiger partial charge < -0.3 is 5.32 Å². The number of para-hydroxylation sites is 1. The van der Waals surface area contributed by atoms with Gasteiger partial charge in [-0.15, -0.1) is 11.3 Å². The lowest BCUT2D eigenvalue weighted by Crippen LogP contribution is -2.41. The third-order valence-corrected chi connectivity index (χ3v) is 8.38. The molecule has 0 radical (unpaired) electrons. The zero-order valence-electron chi connectivity index (χ0n) is 16.9. The Kier molecular flexibility index (Phi) is 5.41. The van der Waals surface area contributed by atoms with Gasteiger partial charge >= 0.3 is 0 Å². The maximum absolute atomic E-state index is 13.1. The summed E-state index contributed by atoms with van der Waals surface area (Å²) in [5, 5.41) is 6.26. The van der Waals surface area contributed by atoms with Gasteiger partial charge in [0.2, 0.25) is 5.91 Å². The van der Waals surface area contributed by atoms with Crippen LogP contribution in [0.3, 0.4) is 0 Å². The minimum Gasteiger partial charge on any atom is -0.353 e. The van der Waals surface area contributed by atoms with E-state index in [1.165, 1.54) is 48.8 Å². The molecule has 5 rings (SSSR count). The second kappa shape index (κ2) is 8.19. The largest absolute Gasteiger partial charge is 0.353 e. The highest BCUT2D eigenvalue weighted by molar-refractivity contribution is 7.99. The first-order chi connectivity index (χ1) is 14.6. The minimum atomic E-state index is -0.0919. The fourth-order valence-corrected chi connectivity index (χ4v) is 6.86. The van der Waals surface area contributed by atoms with Crippen molar-refractivity contribution in [3.8, 4) is 5.69 Å². The van der Waals surface area contributed by atoms with Crippen LogP contribution in [0.1, 0.15) is 32.6 Å². The lowest BCUT2D eigenvalue weighted by molar-refractivity contribution is -0.119. The number of hydrogen-bond donors (Lipinski definition) is 1. The van der Waals surface area contributed by atoms with Crippen molar-refractivity contribution in [2.45, 2.75) is 43.8 Å². The van der Waals surface area contributed by atoms with Crippen LogP contribution in [0.4, 0.5) is 0 Å². The van der Waals surface area contributed by atoms with E-state index in [-0.39, 0.29) is 23.3 Å². The molecule has 1 amide bonds. The molecule has 4 atom stereocenters. The number of benzene rings is 1. The minimum absolute atomic E-state index is 0.00964. The Balaban J connectivity index is 1.33. The molecule has 2 saturated carbocycles. The number of carbonyl (C=O) groups excluding carboxylic acids is 1. The van der Waals surface area contributed by atoms with Gasteiger partial charge in [0.25, 0.3) is 5.56 Å². The maximum Gasteiger partial charge on any atom is 0.267 e. The van der Waals surface area contributed by atoms with Crippen LogP contribution in [0.25, 0.3) is 15.9 Å². The number of nitrogens with zero attached hydrogens (tertiary/aromatic N) is 2. The molecule has 2 aliphatic carbocycles. The van der Waals surface area contributed by atoms with Gasteiger partial charge in [-0.1, -0.05) is 36.4 Å². The molecule has 0 spiro atoms. The van der Waals surface area contributed by atoms with Gasteiger partial charge in [-0.05, 0) is 67.5 Å². The van der Waals surface area contributed by atoms with Crippen LogP contribution in [-0.4, -0.2) is 27.3 Å². The summed E-state index contributed by atoms with van der Waals surface area (Å²) < 4.78 is 1.62. The van der Waals surface area contributed by atoms with Crippen molar-refractivity contribution in [1.82, 2.24) is 14.9 Å². The van der Waals surface area contributed by atoms with Crippen molar-refractivity contribution < 1.29 is 4.79 Å². The molecule has 30 heavy (non-hydrogen) atoms. The van der Waals surface area contributed by atoms with E-state index in [1.54, 1.807) is 4.57 Å². The van der Waals surface area contributed by atoms with Crippen LogP contribution in [0.2, 0.25) is 0 Å². The van der Waals surface area contributed by atoms with Gasteiger partial charge in [0.1, 0.15) is 4.83 Å². The smallest absolute Gasteiger partial charge is 0.267 e. The van der Waals surface area contributed by atoms with Crippen LogP contribution in [-0.2, 0) is 4.79 Å². The Labute approximate surface area is 183 Å². The molecule has 1 aromatic carbocycles. The molecule has 0 unspecified atom stereocenters. The van der Waals surface area contributed by atoms with Crippen LogP contribution >= 0.6 is 23.1 Å². The van der Waals surface area contributed by atoms with Crippen molar-refractivity contribution in [3.63, 3.8) is 0 Å². The monoisotopic (exact) mass is 439 g/mol. The second-order valence-electron chi connectivity index (χ2n) is 8.49. The van der Waals surface area contributed by atoms with Gasteiger partial charge in [0.15, 0.2) is 5.16 Å². The van der Waals surface area contributed by atoms with Crippen molar-refractivity contribution >= 4 is 39.2 Å². The molecule has 2 heterocycles. The van der Waals surface area contributed by atoms with Gasteiger partial charge in [0.05, 0.1) is 16.8 Å². The van der Waals surface area contributed by atoms with E-state index >= 15 is 0 Å². The standard InChI is InChI=1S/C23H25N3O2S2/c1-14(19-12-15-7-8-16(19)11-15)24-20(27)13-30-23-25-21-18(9-10-29-21)22(28)26(23)17-5-3-2-4-6-17/h2-6,9-10,14-16,19H,7-8,11-13H2,1H3,(H,24,27)/t14-,15-,16-,19+/m1/s1. The first kappa shape index (κ1) is 19.8. The fourth-order valence-electron chi connectivity index (χ4n) is 5.24. The van der Waals surface area contributed by atoms with Gasteiger partial charge in [0, 0.05) is 6.04 Å². The third-order valence-electron chi connectivity index (χ3n) is 6.64. The first-order valence-corrected chi connectivity index (χ1v) is 12.4. The average Bonchev–Trinajstić information content (AvgIpc) is 3.50. The summed E-state index contributed by atoms with van der Waals surface area (Å²) in [6.45, 7) is 2.14. The molecule has 5 nitrogen and oxygen atoms in total. The van der Waals surface area contributed by atoms with E-state index in [0.717, 1.165) is 17.5 Å². The van der Waals surface area contributed by atoms with Crippen molar-refractivity contribution in [2.75, 3.05) is 5.75 Å². The highest BCUT2D eigenvalue weighted by Crippen LogP contribution is 2.49. The first-order valence-electron chi connectivity index (χ1n) is 10.6. The zero-order chi connectivity index (χ0) is 20.7. The Morgan fingerprint density at radius 1 is 1.27 bits per heavy atom. The number of aromatic nitrogens is 2. The van der Waals surface area contributed by atoms with Crippen molar-refractivity contribution in [2.24, 2.45) is 17.8 Å². The van der Waals surface area contributed by atoms with Gasteiger partial charge in [-0.2, -0.15) is 0 Å². The quantitative estimate of drug-likeness (QED) is 0.454. The Morgan fingerprint density at radius 3 is 2.83 bits per heavy atom. The number of thioether (sulfide) groups is 1. The molecular formula is C23H25N3O2S2. The Bertz CT molecular complexity index is 1120. The predicted octanol–water partition coefficient (Wildman–Crippen LogP) is 4.48. The van der Waals surface area contributed by atoms with E-state index in [0.29, 0.717) is 21.3 Å². The topological polar surface area (TPSA) is 64.0 Å². The summed E-state index contributed by atoms with van der Waals surface area (Å²) in [6, 6.07) is 11.5. The maximum atomic E-state index is 13.1. The molecule has 2 aliphatic rings. The molecule has 3 aromatic rings. The highest BCUT2D eigenvalue weighted by Gasteiger charge is 2.42. The third kappa shape index (κ3) is 3.69. The number of carbonyl (C=O) groups is 1. The second-order valence-corrected chi connectivity index (χ2v) is 10.3. The molecular weight excluding hydrogens is 414 g/mol. The zero-order valence-corrected chi connectivity index (χ0v) is 18.5. The van der Waals surface area contributed by atoms with Crippen LogP contribution in [0, 0.1) is 17.8 Å². The molecule has 0 saturated heterocycles. The highest BCUT2D eigenvalue weighted by atomic mass is 32.2. The fraction of sp³-hybridized carbons (Fsp3) is 0.435. The van der Waals surface area contributed by atoms with E-state index in [4.69, 9.17) is 4.98 Å². The Hall–Kier alpha value is -2.12. The molecule has 0 aliphatic heterocycles. The summed E-state index contributed by atoms with van der Waals surface area (Å²) >= 11 is 2.78. The number of hydrogen-bond acceptors (Lipinski definition) is 5. The molecule has 2 bridgehead atoms. The van der Waals surface area contributed by atoms with E-state index in [1.807, 2.05) is 41.8 Å². The summed E-state index contributed by atoms with van der Waals surface area (Å²) in [7, 11) is 0. The SMILES string of the molecule is C[C@@H](NC(=O)CSc1nc2sccc2c(=O)n1-c1ccccc1)[C@@H]1C[C@@H]2CC[C@@H]1C2. The lowest BCUT2D eigenvalue weighted by Gasteiger charge is -2.28. The lowest BCUT2D eigenvalue weighted by atomic mass is 9.84. The van der Waals surface area contributed by atoms with Crippen molar-refractivity contribution in [3.05, 3.63) is 52.1 Å². The summed E-state index contributed by atoms with van der Waals surface area (Å²) in [5.74, 6) is 2.53. The molecule has 2 aromatic heterocycles. The predicted molar refractivity (Wildman–Crippen MR) is 122 cm³/mol. The van der Waals surface area contributed by atoms with Crippen LogP contribution in [0.5, 0.6) is 0 Å². The molecule has 1 N–H and O–H groups in total. The normalized spacial score (nSPS) is 23.7. The van der Waals surface area contributed by atoms with E-state index < -0.39 is 0 Å². The van der Waals surface area contributed by atoms with E-state index in [9.17, 15) is 9.59 Å². The van der Waals surface area contributed by atoms with E-state index in [2.05, 4.69) is 12.2 Å². The number of thiophene rings is 1. The summed E-state index contributed by atoms with van der Waals surface area (Å²) in [4.78, 5) is 31.2. The van der Waals surface area contributed by atoms with Gasteiger partial charge in [-0.3, -0.25) is 14.2 Å². The van der Waals surface area contributed by atoms with Crippen LogP contribution in [0.15, 0.2) is 51.7 Å². The summed E-state index contributed by atoms with van der Waals surface area (Å²) in [5.41, 5.74) is 0.673. The number of nitrogens with one attached hydrogen (secondary N) is 1. The van der Waals surface area contributed by atoms with Crippen molar-refractivity contribution in [1.29, 1.82) is 0 Å². The Morgan fingerprint density at radius 2 is 2.10 bits per heavy atom. The molecule has 7 heteroatoms. The number of rotatable bonds is 6. The van der Waals surface area contributed by atoms with Gasteiger partial charge in [-0.25, -0.2) is 4.98 Å². The molecule has 156 valence electrons. The van der Waals surface area contributed by atoms with Crippen LogP contribution < -0.4 is 10.9 Å². The number of amides is 1. The summed E-state index contributed by atoms with van der Waals surface area (Å²) in [6.07, 6.45) is 5.28. The molecule has 2 fully saturated rings. The number of fused-ring (bicyclic) bond motifs is 3. The average molecular weight is 440 g/mol.